The maximum absolute atomic E-state index is 12.7. The Morgan fingerprint density at radius 2 is 1.77 bits per heavy atom. The van der Waals surface area contributed by atoms with Gasteiger partial charge in [0, 0.05) is 20.4 Å². The van der Waals surface area contributed by atoms with E-state index in [0.717, 1.165) is 0 Å². The van der Waals surface area contributed by atoms with Gasteiger partial charge in [0.1, 0.15) is 0 Å². The summed E-state index contributed by atoms with van der Waals surface area (Å²) in [5, 5.41) is 0.483. The highest BCUT2D eigenvalue weighted by atomic mass is 35.5. The van der Waals surface area contributed by atoms with Gasteiger partial charge in [-0.15, -0.1) is 0 Å². The Balaban J connectivity index is 2.15. The molecule has 2 rings (SSSR count). The summed E-state index contributed by atoms with van der Waals surface area (Å²) in [6.07, 6.45) is 1.46. The Kier molecular flexibility index (Phi) is 7.43. The van der Waals surface area contributed by atoms with Crippen molar-refractivity contribution in [2.75, 3.05) is 20.8 Å². The molecule has 0 aliphatic carbocycles. The molecule has 1 unspecified atom stereocenters. The van der Waals surface area contributed by atoms with Crippen molar-refractivity contribution in [2.24, 2.45) is 0 Å². The zero-order valence-corrected chi connectivity index (χ0v) is 16.3. The number of hydrogen-bond acceptors (Lipinski definition) is 7. The largest absolute Gasteiger partial charge is 0.479 e. The highest BCUT2D eigenvalue weighted by Gasteiger charge is 2.40. The molecule has 0 spiro atoms. The van der Waals surface area contributed by atoms with Gasteiger partial charge < -0.3 is 18.5 Å². The van der Waals surface area contributed by atoms with Crippen LogP contribution in [-0.2, 0) is 23.1 Å². The summed E-state index contributed by atoms with van der Waals surface area (Å²) in [5.41, 5.74) is 0.212. The first-order chi connectivity index (χ1) is 12.4. The normalized spacial score (nSPS) is 12.5. The molecule has 0 amide bonds. The molecule has 1 aromatic heterocycles. The van der Waals surface area contributed by atoms with Crippen LogP contribution in [0.5, 0.6) is 5.75 Å². The lowest BCUT2D eigenvalue weighted by atomic mass is 10.3. The number of aromatic nitrogens is 1. The Morgan fingerprint density at radius 1 is 1.12 bits per heavy atom. The van der Waals surface area contributed by atoms with Crippen LogP contribution in [0.1, 0.15) is 11.5 Å². The zero-order valence-electron chi connectivity index (χ0n) is 13.9. The van der Waals surface area contributed by atoms with Crippen molar-refractivity contribution in [3.63, 3.8) is 0 Å². The Labute approximate surface area is 160 Å². The molecule has 0 N–H and O–H groups in total. The second-order valence-electron chi connectivity index (χ2n) is 4.84. The lowest BCUT2D eigenvalue weighted by Gasteiger charge is -2.23. The number of para-hydroxylation sites is 1. The maximum Gasteiger partial charge on any atom is 0.376 e. The first-order valence-corrected chi connectivity index (χ1v) is 9.66. The van der Waals surface area contributed by atoms with Crippen molar-refractivity contribution in [2.45, 2.75) is 5.85 Å². The molecule has 1 atom stereocenters. The molecular weight excluding hydrogens is 404 g/mol. The van der Waals surface area contributed by atoms with Crippen LogP contribution in [0.2, 0.25) is 10.0 Å². The Bertz CT molecular complexity index is 776. The van der Waals surface area contributed by atoms with Crippen LogP contribution in [0.25, 0.3) is 0 Å². The fourth-order valence-corrected chi connectivity index (χ4v) is 3.75. The van der Waals surface area contributed by atoms with Crippen molar-refractivity contribution in [1.82, 2.24) is 4.98 Å². The second kappa shape index (κ2) is 9.35. The average Bonchev–Trinajstić information content (AvgIpc) is 2.66. The quantitative estimate of drug-likeness (QED) is 0.460. The van der Waals surface area contributed by atoms with E-state index < -0.39 is 26.0 Å². The molecule has 0 fully saturated rings. The summed E-state index contributed by atoms with van der Waals surface area (Å²) in [6, 6.07) is 9.62. The predicted molar refractivity (Wildman–Crippen MR) is 96.7 cm³/mol. The van der Waals surface area contributed by atoms with Gasteiger partial charge >= 0.3 is 13.6 Å². The van der Waals surface area contributed by atoms with E-state index in [1.165, 1.54) is 26.5 Å². The third-order valence-electron chi connectivity index (χ3n) is 3.23. The number of benzene rings is 1. The molecule has 26 heavy (non-hydrogen) atoms. The molecule has 0 radical (unpaired) electrons. The van der Waals surface area contributed by atoms with Gasteiger partial charge in [-0.2, -0.15) is 0 Å². The number of hydrogen-bond donors (Lipinski definition) is 0. The van der Waals surface area contributed by atoms with E-state index >= 15 is 0 Å². The molecule has 2 aromatic rings. The number of pyridine rings is 1. The third-order valence-corrected chi connectivity index (χ3v) is 5.79. The van der Waals surface area contributed by atoms with E-state index in [4.69, 9.17) is 41.7 Å². The van der Waals surface area contributed by atoms with Gasteiger partial charge in [-0.1, -0.05) is 35.3 Å². The minimum absolute atomic E-state index is 0.142. The molecule has 10 heteroatoms. The molecule has 0 saturated heterocycles. The summed E-state index contributed by atoms with van der Waals surface area (Å²) in [4.78, 5) is 16.3. The van der Waals surface area contributed by atoms with Crippen LogP contribution in [0.15, 0.2) is 42.6 Å². The third kappa shape index (κ3) is 4.96. The first-order valence-electron chi connectivity index (χ1n) is 7.29. The number of rotatable bonds is 8. The Morgan fingerprint density at radius 3 is 2.31 bits per heavy atom. The smallest absolute Gasteiger partial charge is 0.376 e. The monoisotopic (exact) mass is 419 g/mol. The second-order valence-corrected chi connectivity index (χ2v) is 7.93. The van der Waals surface area contributed by atoms with Gasteiger partial charge in [-0.05, 0) is 24.3 Å². The molecule has 1 aromatic carbocycles. The van der Waals surface area contributed by atoms with E-state index in [1.807, 2.05) is 0 Å². The summed E-state index contributed by atoms with van der Waals surface area (Å²) in [7, 11) is -1.42. The fraction of sp³-hybridized carbons (Fsp3) is 0.250. The van der Waals surface area contributed by atoms with Crippen molar-refractivity contribution in [1.29, 1.82) is 0 Å². The van der Waals surface area contributed by atoms with E-state index in [0.29, 0.717) is 0 Å². The standard InChI is InChI=1S/C16H16Cl2NO6P/c1-22-26(21,23-2)16(13-8-3-4-9-19-13)25-14(20)10-24-15-11(17)6-5-7-12(15)18/h3-9,16H,10H2,1-2H3. The molecule has 0 saturated carbocycles. The van der Waals surface area contributed by atoms with Crippen LogP contribution in [-0.4, -0.2) is 31.8 Å². The molecule has 140 valence electrons. The number of carbonyl (C=O) groups is 1. The average molecular weight is 420 g/mol. The minimum Gasteiger partial charge on any atom is -0.479 e. The summed E-state index contributed by atoms with van der Waals surface area (Å²) < 4.78 is 33.2. The number of nitrogens with zero attached hydrogens (tertiary/aromatic N) is 1. The zero-order chi connectivity index (χ0) is 19.2. The van der Waals surface area contributed by atoms with Crippen molar-refractivity contribution in [3.8, 4) is 5.75 Å². The van der Waals surface area contributed by atoms with E-state index in [2.05, 4.69) is 4.98 Å². The Hall–Kier alpha value is -1.63. The lowest BCUT2D eigenvalue weighted by molar-refractivity contribution is -0.149. The maximum atomic E-state index is 12.7. The molecule has 0 aliphatic heterocycles. The van der Waals surface area contributed by atoms with E-state index in [9.17, 15) is 9.36 Å². The van der Waals surface area contributed by atoms with Gasteiger partial charge in [-0.3, -0.25) is 9.55 Å². The SMILES string of the molecule is COP(=O)(OC)C(OC(=O)COc1c(Cl)cccc1Cl)c1ccccn1. The first kappa shape index (κ1) is 20.7. The van der Waals surface area contributed by atoms with Crippen LogP contribution >= 0.6 is 30.8 Å². The minimum atomic E-state index is -3.80. The molecule has 7 nitrogen and oxygen atoms in total. The summed E-state index contributed by atoms with van der Waals surface area (Å²) in [5.74, 6) is -2.04. The number of carbonyl (C=O) groups excluding carboxylic acids is 1. The van der Waals surface area contributed by atoms with Gasteiger partial charge in [0.2, 0.25) is 5.85 Å². The molecule has 0 aliphatic rings. The van der Waals surface area contributed by atoms with Crippen LogP contribution in [0.3, 0.4) is 0 Å². The van der Waals surface area contributed by atoms with E-state index in [-0.39, 0.29) is 21.5 Å². The highest BCUT2D eigenvalue weighted by Crippen LogP contribution is 2.60. The van der Waals surface area contributed by atoms with Crippen LogP contribution in [0.4, 0.5) is 0 Å². The number of ether oxygens (including phenoxy) is 2. The van der Waals surface area contributed by atoms with Gasteiger partial charge in [0.25, 0.3) is 0 Å². The predicted octanol–water partition coefficient (Wildman–Crippen LogP) is 4.50. The van der Waals surface area contributed by atoms with Crippen molar-refractivity contribution >= 4 is 36.8 Å². The fourth-order valence-electron chi connectivity index (χ4n) is 1.99. The van der Waals surface area contributed by atoms with Gasteiger partial charge in [0.05, 0.1) is 15.7 Å². The lowest BCUT2D eigenvalue weighted by Crippen LogP contribution is -2.20. The summed E-state index contributed by atoms with van der Waals surface area (Å²) >= 11 is 12.0. The van der Waals surface area contributed by atoms with Gasteiger partial charge in [0.15, 0.2) is 12.4 Å². The van der Waals surface area contributed by atoms with Crippen LogP contribution < -0.4 is 4.74 Å². The van der Waals surface area contributed by atoms with Crippen LogP contribution in [0, 0.1) is 0 Å². The number of esters is 1. The highest BCUT2D eigenvalue weighted by molar-refractivity contribution is 7.54. The van der Waals surface area contributed by atoms with E-state index in [1.54, 1.807) is 30.3 Å². The van der Waals surface area contributed by atoms with Gasteiger partial charge in [-0.25, -0.2) is 4.79 Å². The van der Waals surface area contributed by atoms with Crippen molar-refractivity contribution < 1.29 is 27.9 Å². The molecule has 0 bridgehead atoms. The summed E-state index contributed by atoms with van der Waals surface area (Å²) in [6.45, 7) is -0.514. The molecule has 1 heterocycles. The molecular formula is C16H16Cl2NO6P. The number of halogens is 2. The topological polar surface area (TPSA) is 84.0 Å². The van der Waals surface area contributed by atoms with Crippen molar-refractivity contribution in [3.05, 3.63) is 58.3 Å².